The minimum absolute atomic E-state index is 0.0840. The molecule has 1 N–H and O–H groups in total. The fraction of sp³-hybridized carbons (Fsp3) is 0.444. The Labute approximate surface area is 266 Å². The normalized spacial score (nSPS) is 18.8. The first kappa shape index (κ1) is 32.9. The third kappa shape index (κ3) is 7.69. The maximum Gasteiger partial charge on any atom is 0.410 e. The number of carbonyl (C=O) groups excluding carboxylic acids is 1. The van der Waals surface area contributed by atoms with Crippen LogP contribution in [0.15, 0.2) is 72.8 Å². The molecule has 2 atom stereocenters. The lowest BCUT2D eigenvalue weighted by atomic mass is 9.83. The van der Waals surface area contributed by atoms with Crippen LogP contribution in [0.1, 0.15) is 88.5 Å². The topological polar surface area (TPSA) is 102 Å². The van der Waals surface area contributed by atoms with Gasteiger partial charge in [0.15, 0.2) is 0 Å². The van der Waals surface area contributed by atoms with E-state index >= 15 is 0 Å². The number of carboxylic acid groups (broad SMARTS) is 1. The molecule has 1 aliphatic heterocycles. The number of carbonyl (C=O) groups is 2. The van der Waals surface area contributed by atoms with Crippen LogP contribution in [0.4, 0.5) is 4.79 Å². The Kier molecular flexibility index (Phi) is 9.33. The van der Waals surface area contributed by atoms with Crippen molar-refractivity contribution < 1.29 is 33.0 Å². The first-order valence-electron chi connectivity index (χ1n) is 15.6. The summed E-state index contributed by atoms with van der Waals surface area (Å²) in [6.45, 7) is 11.5. The Morgan fingerprint density at radius 1 is 0.844 bits per heavy atom. The molecule has 1 aliphatic carbocycles. The summed E-state index contributed by atoms with van der Waals surface area (Å²) >= 11 is 0. The van der Waals surface area contributed by atoms with Gasteiger partial charge < -0.3 is 18.9 Å². The zero-order chi connectivity index (χ0) is 32.6. The molecular weight excluding hydrogens is 589 g/mol. The van der Waals surface area contributed by atoms with Crippen LogP contribution in [0.5, 0.6) is 0 Å². The molecule has 0 bridgehead atoms. The van der Waals surface area contributed by atoms with E-state index in [9.17, 15) is 19.3 Å². The van der Waals surface area contributed by atoms with E-state index in [4.69, 9.17) is 13.8 Å². The highest BCUT2D eigenvalue weighted by molar-refractivity contribution is 7.53. The maximum absolute atomic E-state index is 13.8. The average Bonchev–Trinajstić information content (AvgIpc) is 3.27. The summed E-state index contributed by atoms with van der Waals surface area (Å²) in [7, 11) is -3.50. The molecule has 3 aromatic rings. The van der Waals surface area contributed by atoms with Crippen LogP contribution in [-0.4, -0.2) is 52.5 Å². The second-order valence-corrected chi connectivity index (χ2v) is 15.9. The van der Waals surface area contributed by atoms with Crippen molar-refractivity contribution >= 4 is 19.7 Å². The summed E-state index contributed by atoms with van der Waals surface area (Å²) in [6, 6.07) is 22.5. The Morgan fingerprint density at radius 3 is 1.89 bits per heavy atom. The number of benzene rings is 3. The highest BCUT2D eigenvalue weighted by atomic mass is 31.2. The molecule has 0 aromatic heterocycles. The fourth-order valence-corrected chi connectivity index (χ4v) is 9.04. The molecule has 0 spiro atoms. The van der Waals surface area contributed by atoms with Crippen LogP contribution in [0.3, 0.4) is 0 Å². The van der Waals surface area contributed by atoms with Crippen molar-refractivity contribution in [3.8, 4) is 11.1 Å². The number of hydrogen-bond donors (Lipinski definition) is 1. The molecule has 2 aliphatic rings. The van der Waals surface area contributed by atoms with E-state index in [0.29, 0.717) is 19.4 Å². The van der Waals surface area contributed by atoms with Gasteiger partial charge in [-0.2, -0.15) is 0 Å². The summed E-state index contributed by atoms with van der Waals surface area (Å²) in [6.07, 6.45) is 0.724. The summed E-state index contributed by atoms with van der Waals surface area (Å²) in [4.78, 5) is 27.5. The van der Waals surface area contributed by atoms with Gasteiger partial charge in [0.05, 0.1) is 17.4 Å². The van der Waals surface area contributed by atoms with E-state index in [-0.39, 0.29) is 18.7 Å². The van der Waals surface area contributed by atoms with Crippen LogP contribution in [0.25, 0.3) is 11.1 Å². The van der Waals surface area contributed by atoms with Crippen molar-refractivity contribution in [2.45, 2.75) is 89.6 Å². The van der Waals surface area contributed by atoms with Gasteiger partial charge in [0, 0.05) is 18.4 Å². The second kappa shape index (κ2) is 12.7. The maximum atomic E-state index is 13.8. The van der Waals surface area contributed by atoms with E-state index < -0.39 is 42.8 Å². The molecule has 45 heavy (non-hydrogen) atoms. The minimum atomic E-state index is -3.50. The summed E-state index contributed by atoms with van der Waals surface area (Å²) in [5.41, 5.74) is 4.68. The predicted molar refractivity (Wildman–Crippen MR) is 175 cm³/mol. The van der Waals surface area contributed by atoms with Gasteiger partial charge in [0.25, 0.3) is 0 Å². The zero-order valence-electron chi connectivity index (χ0n) is 27.0. The largest absolute Gasteiger partial charge is 0.480 e. The van der Waals surface area contributed by atoms with Crippen molar-refractivity contribution in [2.75, 3.05) is 13.2 Å². The number of amides is 1. The van der Waals surface area contributed by atoms with E-state index in [1.807, 2.05) is 90.1 Å². The number of nitrogens with zero attached hydrogens (tertiary/aromatic N) is 1. The number of fused-ring (bicyclic) bond motifs is 3. The Balaban J connectivity index is 1.31. The molecule has 0 unspecified atom stereocenters. The fourth-order valence-electron chi connectivity index (χ4n) is 6.54. The van der Waals surface area contributed by atoms with Crippen molar-refractivity contribution in [3.05, 3.63) is 95.1 Å². The van der Waals surface area contributed by atoms with Gasteiger partial charge in [-0.15, -0.1) is 0 Å². The monoisotopic (exact) mass is 633 g/mol. The summed E-state index contributed by atoms with van der Waals surface area (Å²) in [5, 5.41) is 10.3. The molecule has 5 rings (SSSR count). The summed E-state index contributed by atoms with van der Waals surface area (Å²) < 4.78 is 31.5. The highest BCUT2D eigenvalue weighted by Gasteiger charge is 2.42. The Morgan fingerprint density at radius 2 is 1.38 bits per heavy atom. The molecule has 3 aromatic carbocycles. The lowest BCUT2D eigenvalue weighted by Gasteiger charge is -2.38. The number of ether oxygens (including phenoxy) is 1. The highest BCUT2D eigenvalue weighted by Crippen LogP contribution is 2.57. The molecule has 240 valence electrons. The SMILES string of the molecule is CC(C)(C)OP(=O)(Cc1ccc([C@H]2CCCN(C(=O)OCC3c4ccccc4-c4ccccc43)[C@@H]2C(=O)O)cc1)OC(C)(C)C. The predicted octanol–water partition coefficient (Wildman–Crippen LogP) is 8.59. The first-order valence-corrected chi connectivity index (χ1v) is 17.3. The van der Waals surface area contributed by atoms with Crippen molar-refractivity contribution in [1.82, 2.24) is 4.90 Å². The molecule has 9 heteroatoms. The zero-order valence-corrected chi connectivity index (χ0v) is 27.9. The minimum Gasteiger partial charge on any atom is -0.480 e. The number of piperidine rings is 1. The number of likely N-dealkylation sites (tertiary alicyclic amines) is 1. The molecule has 1 amide bonds. The Bertz CT molecular complexity index is 1520. The van der Waals surface area contributed by atoms with Gasteiger partial charge in [-0.1, -0.05) is 72.8 Å². The van der Waals surface area contributed by atoms with Gasteiger partial charge in [0.1, 0.15) is 12.6 Å². The van der Waals surface area contributed by atoms with Crippen LogP contribution >= 0.6 is 7.60 Å². The Hall–Kier alpha value is -3.45. The quantitative estimate of drug-likeness (QED) is 0.248. The molecule has 1 heterocycles. The van der Waals surface area contributed by atoms with Crippen LogP contribution in [-0.2, 0) is 29.3 Å². The number of hydrogen-bond acceptors (Lipinski definition) is 6. The van der Waals surface area contributed by atoms with E-state index in [0.717, 1.165) is 33.4 Å². The molecule has 8 nitrogen and oxygen atoms in total. The molecule has 0 saturated carbocycles. The van der Waals surface area contributed by atoms with Crippen LogP contribution in [0.2, 0.25) is 0 Å². The average molecular weight is 634 g/mol. The first-order chi connectivity index (χ1) is 21.1. The van der Waals surface area contributed by atoms with Gasteiger partial charge in [-0.25, -0.2) is 9.59 Å². The van der Waals surface area contributed by atoms with Crippen molar-refractivity contribution in [3.63, 3.8) is 0 Å². The smallest absolute Gasteiger partial charge is 0.410 e. The van der Waals surface area contributed by atoms with Crippen LogP contribution < -0.4 is 0 Å². The second-order valence-electron chi connectivity index (χ2n) is 13.9. The third-order valence-electron chi connectivity index (χ3n) is 8.06. The molecular formula is C36H44NO7P. The lowest BCUT2D eigenvalue weighted by Crippen LogP contribution is -2.52. The van der Waals surface area contributed by atoms with Crippen molar-refractivity contribution in [2.24, 2.45) is 0 Å². The number of aliphatic carboxylic acids is 1. The van der Waals surface area contributed by atoms with E-state index in [2.05, 4.69) is 24.3 Å². The van der Waals surface area contributed by atoms with E-state index in [1.54, 1.807) is 0 Å². The standard InChI is InChI=1S/C36H44NO7P/c1-35(2,3)43-45(41,44-36(4,5)6)23-24-17-19-25(20-18-24)26-16-11-21-37(32(26)33(38)39)34(40)42-22-31-29-14-9-7-12-27(29)28-13-8-10-15-30(28)31/h7-10,12-15,17-20,26,31-32H,11,16,21-23H2,1-6H3,(H,38,39)/t26-,32+/m1/s1. The molecule has 1 fully saturated rings. The number of rotatable bonds is 8. The van der Waals surface area contributed by atoms with Gasteiger partial charge in [0.2, 0.25) is 0 Å². The van der Waals surface area contributed by atoms with Gasteiger partial charge in [-0.05, 0) is 87.8 Å². The van der Waals surface area contributed by atoms with Crippen molar-refractivity contribution in [1.29, 1.82) is 0 Å². The molecule has 1 saturated heterocycles. The number of carboxylic acids is 1. The van der Waals surface area contributed by atoms with Gasteiger partial charge >= 0.3 is 19.7 Å². The molecule has 0 radical (unpaired) electrons. The summed E-state index contributed by atoms with van der Waals surface area (Å²) in [5.74, 6) is -1.61. The van der Waals surface area contributed by atoms with Crippen LogP contribution in [0, 0.1) is 0 Å². The third-order valence-corrected chi connectivity index (χ3v) is 10.5. The van der Waals surface area contributed by atoms with E-state index in [1.165, 1.54) is 4.90 Å². The lowest BCUT2D eigenvalue weighted by molar-refractivity contribution is -0.144. The van der Waals surface area contributed by atoms with Gasteiger partial charge in [-0.3, -0.25) is 9.46 Å².